The molecule has 0 unspecified atom stereocenters. The van der Waals surface area contributed by atoms with Crippen molar-refractivity contribution in [3.8, 4) is 11.8 Å². The number of halogens is 3. The van der Waals surface area contributed by atoms with Crippen molar-refractivity contribution >= 4 is 21.6 Å². The van der Waals surface area contributed by atoms with E-state index in [1.165, 1.54) is 24.3 Å². The van der Waals surface area contributed by atoms with Crippen molar-refractivity contribution < 1.29 is 21.9 Å². The molecule has 1 heterocycles. The molecule has 0 aliphatic carbocycles. The summed E-state index contributed by atoms with van der Waals surface area (Å²) in [4.78, 5) is -0.180. The maximum Gasteiger partial charge on any atom is 0.322 e. The fourth-order valence-corrected chi connectivity index (χ4v) is 4.07. The summed E-state index contributed by atoms with van der Waals surface area (Å²) in [6.07, 6.45) is 0. The van der Waals surface area contributed by atoms with Crippen LogP contribution in [0.3, 0.4) is 0 Å². The van der Waals surface area contributed by atoms with Crippen LogP contribution in [0.15, 0.2) is 47.4 Å². The van der Waals surface area contributed by atoms with Gasteiger partial charge in [-0.05, 0) is 56.3 Å². The SMILES string of the molecule is CCn1c(Oc2ccc(F)cc2)nnc1[C@@H](C)NS(=O)(=O)c1ccc(F)c(Cl)c1. The van der Waals surface area contributed by atoms with E-state index in [2.05, 4.69) is 14.9 Å². The molecule has 1 aromatic heterocycles. The minimum Gasteiger partial charge on any atom is -0.424 e. The summed E-state index contributed by atoms with van der Waals surface area (Å²) in [5.74, 6) is -0.457. The molecule has 11 heteroatoms. The zero-order chi connectivity index (χ0) is 21.2. The Kier molecular flexibility index (Phi) is 6.15. The summed E-state index contributed by atoms with van der Waals surface area (Å²) < 4.78 is 61.2. The molecule has 0 amide bonds. The van der Waals surface area contributed by atoms with Gasteiger partial charge in [-0.1, -0.05) is 16.7 Å². The average molecular weight is 443 g/mol. The van der Waals surface area contributed by atoms with Crippen LogP contribution in [0.5, 0.6) is 11.8 Å². The first-order valence-electron chi connectivity index (χ1n) is 8.55. The van der Waals surface area contributed by atoms with Gasteiger partial charge >= 0.3 is 6.01 Å². The summed E-state index contributed by atoms with van der Waals surface area (Å²) in [5, 5.41) is 7.66. The van der Waals surface area contributed by atoms with Crippen molar-refractivity contribution in [3.05, 3.63) is 64.9 Å². The highest BCUT2D eigenvalue weighted by Crippen LogP contribution is 2.25. The third kappa shape index (κ3) is 4.72. The molecular formula is C18H17ClF2N4O3S. The Labute approximate surface area is 171 Å². The fraction of sp³-hybridized carbons (Fsp3) is 0.222. The smallest absolute Gasteiger partial charge is 0.322 e. The first-order valence-corrected chi connectivity index (χ1v) is 10.4. The lowest BCUT2D eigenvalue weighted by atomic mass is 10.3. The molecule has 1 atom stereocenters. The second-order valence-corrected chi connectivity index (χ2v) is 8.18. The minimum absolute atomic E-state index is 0.130. The molecule has 0 bridgehead atoms. The van der Waals surface area contributed by atoms with E-state index in [9.17, 15) is 17.2 Å². The van der Waals surface area contributed by atoms with Crippen LogP contribution in [0, 0.1) is 11.6 Å². The lowest BCUT2D eigenvalue weighted by molar-refractivity contribution is 0.407. The molecule has 0 saturated carbocycles. The quantitative estimate of drug-likeness (QED) is 0.596. The summed E-state index contributed by atoms with van der Waals surface area (Å²) >= 11 is 5.68. The standard InChI is InChI=1S/C18H17ClF2N4O3S/c1-3-25-17(22-23-18(25)28-13-6-4-12(20)5-7-13)11(2)24-29(26,27)14-8-9-16(21)15(19)10-14/h4-11,24H,3H2,1-2H3/t11-/m1/s1. The molecule has 0 radical (unpaired) electrons. The number of rotatable bonds is 7. The van der Waals surface area contributed by atoms with Crippen molar-refractivity contribution in [3.63, 3.8) is 0 Å². The van der Waals surface area contributed by atoms with Gasteiger partial charge in [-0.15, -0.1) is 5.10 Å². The molecule has 3 aromatic rings. The number of benzene rings is 2. The molecular weight excluding hydrogens is 426 g/mol. The van der Waals surface area contributed by atoms with Crippen LogP contribution >= 0.6 is 11.6 Å². The molecule has 7 nitrogen and oxygen atoms in total. The van der Waals surface area contributed by atoms with Gasteiger partial charge in [0.2, 0.25) is 10.0 Å². The van der Waals surface area contributed by atoms with Crippen LogP contribution < -0.4 is 9.46 Å². The largest absolute Gasteiger partial charge is 0.424 e. The number of hydrogen-bond donors (Lipinski definition) is 1. The summed E-state index contributed by atoms with van der Waals surface area (Å²) in [5.41, 5.74) is 0. The first kappa shape index (κ1) is 21.2. The van der Waals surface area contributed by atoms with Gasteiger partial charge in [-0.2, -0.15) is 0 Å². The molecule has 3 rings (SSSR count). The summed E-state index contributed by atoms with van der Waals surface area (Å²) in [6, 6.07) is 7.84. The van der Waals surface area contributed by atoms with Gasteiger partial charge in [0.05, 0.1) is 16.0 Å². The van der Waals surface area contributed by atoms with Crippen molar-refractivity contribution in [2.75, 3.05) is 0 Å². The van der Waals surface area contributed by atoms with Gasteiger partial charge < -0.3 is 4.74 Å². The van der Waals surface area contributed by atoms with Crippen LogP contribution in [0.2, 0.25) is 5.02 Å². The van der Waals surface area contributed by atoms with E-state index in [-0.39, 0.29) is 15.9 Å². The van der Waals surface area contributed by atoms with E-state index in [1.54, 1.807) is 11.5 Å². The van der Waals surface area contributed by atoms with Crippen molar-refractivity contribution in [1.29, 1.82) is 0 Å². The highest BCUT2D eigenvalue weighted by atomic mass is 35.5. The van der Waals surface area contributed by atoms with E-state index in [1.807, 2.05) is 6.92 Å². The third-order valence-electron chi connectivity index (χ3n) is 4.01. The molecule has 29 heavy (non-hydrogen) atoms. The third-order valence-corrected chi connectivity index (χ3v) is 5.83. The molecule has 0 fully saturated rings. The number of nitrogens with zero attached hydrogens (tertiary/aromatic N) is 3. The van der Waals surface area contributed by atoms with Gasteiger partial charge in [0.1, 0.15) is 17.4 Å². The normalized spacial score (nSPS) is 12.7. The number of nitrogens with one attached hydrogen (secondary N) is 1. The topological polar surface area (TPSA) is 86.1 Å². The first-order chi connectivity index (χ1) is 13.7. The minimum atomic E-state index is -3.99. The van der Waals surface area contributed by atoms with Gasteiger partial charge in [0.15, 0.2) is 5.82 Å². The Morgan fingerprint density at radius 1 is 1.17 bits per heavy atom. The predicted octanol–water partition coefficient (Wildman–Crippen LogP) is 4.06. The van der Waals surface area contributed by atoms with Crippen molar-refractivity contribution in [2.45, 2.75) is 31.3 Å². The van der Waals surface area contributed by atoms with Crippen LogP contribution in [0.25, 0.3) is 0 Å². The van der Waals surface area contributed by atoms with E-state index in [0.29, 0.717) is 18.1 Å². The maximum atomic E-state index is 13.3. The lowest BCUT2D eigenvalue weighted by Gasteiger charge is -2.15. The van der Waals surface area contributed by atoms with E-state index in [0.717, 1.165) is 18.2 Å². The van der Waals surface area contributed by atoms with Gasteiger partial charge in [0.25, 0.3) is 0 Å². The van der Waals surface area contributed by atoms with Crippen LogP contribution in [0.1, 0.15) is 25.7 Å². The molecule has 0 saturated heterocycles. The monoisotopic (exact) mass is 442 g/mol. The zero-order valence-corrected chi connectivity index (χ0v) is 17.0. The van der Waals surface area contributed by atoms with E-state index < -0.39 is 27.7 Å². The summed E-state index contributed by atoms with van der Waals surface area (Å²) in [6.45, 7) is 3.79. The Morgan fingerprint density at radius 2 is 1.86 bits per heavy atom. The number of aromatic nitrogens is 3. The molecule has 0 spiro atoms. The number of hydrogen-bond acceptors (Lipinski definition) is 5. The Morgan fingerprint density at radius 3 is 2.48 bits per heavy atom. The van der Waals surface area contributed by atoms with E-state index >= 15 is 0 Å². The Hall–Kier alpha value is -2.56. The maximum absolute atomic E-state index is 13.3. The molecule has 0 aliphatic rings. The highest BCUT2D eigenvalue weighted by molar-refractivity contribution is 7.89. The van der Waals surface area contributed by atoms with Gasteiger partial charge in [0, 0.05) is 6.54 Å². The Balaban J connectivity index is 1.83. The van der Waals surface area contributed by atoms with Crippen LogP contribution in [-0.4, -0.2) is 23.2 Å². The molecule has 1 N–H and O–H groups in total. The van der Waals surface area contributed by atoms with Crippen LogP contribution in [0.4, 0.5) is 8.78 Å². The number of sulfonamides is 1. The predicted molar refractivity (Wildman–Crippen MR) is 102 cm³/mol. The van der Waals surface area contributed by atoms with Gasteiger partial charge in [-0.3, -0.25) is 4.57 Å². The highest BCUT2D eigenvalue weighted by Gasteiger charge is 2.24. The van der Waals surface area contributed by atoms with Crippen molar-refractivity contribution in [2.24, 2.45) is 0 Å². The lowest BCUT2D eigenvalue weighted by Crippen LogP contribution is -2.29. The number of ether oxygens (including phenoxy) is 1. The molecule has 0 aliphatic heterocycles. The molecule has 154 valence electrons. The average Bonchev–Trinajstić information content (AvgIpc) is 3.08. The molecule has 2 aromatic carbocycles. The Bertz CT molecular complexity index is 1120. The summed E-state index contributed by atoms with van der Waals surface area (Å²) in [7, 11) is -3.99. The second-order valence-electron chi connectivity index (χ2n) is 6.06. The second kappa shape index (κ2) is 8.44. The van der Waals surface area contributed by atoms with E-state index in [4.69, 9.17) is 16.3 Å². The van der Waals surface area contributed by atoms with Crippen molar-refractivity contribution in [1.82, 2.24) is 19.5 Å². The zero-order valence-electron chi connectivity index (χ0n) is 15.4. The van der Waals surface area contributed by atoms with Crippen LogP contribution in [-0.2, 0) is 16.6 Å². The van der Waals surface area contributed by atoms with Gasteiger partial charge in [-0.25, -0.2) is 21.9 Å². The fourth-order valence-electron chi connectivity index (χ4n) is 2.60.